The van der Waals surface area contributed by atoms with Crippen molar-refractivity contribution < 1.29 is 0 Å². The summed E-state index contributed by atoms with van der Waals surface area (Å²) < 4.78 is 0. The van der Waals surface area contributed by atoms with Crippen LogP contribution >= 0.6 is 0 Å². The third kappa shape index (κ3) is 6.32. The highest BCUT2D eigenvalue weighted by Crippen LogP contribution is 2.33. The minimum Gasteiger partial charge on any atom is -0.255 e. The van der Waals surface area contributed by atoms with Gasteiger partial charge in [-0.2, -0.15) is 0 Å². The molecule has 0 aliphatic heterocycles. The molecule has 4 aromatic heterocycles. The predicted octanol–water partition coefficient (Wildman–Crippen LogP) is 10.9. The summed E-state index contributed by atoms with van der Waals surface area (Å²) >= 11 is 0. The second kappa shape index (κ2) is 13.6. The highest BCUT2D eigenvalue weighted by molar-refractivity contribution is 5.91. The second-order valence-electron chi connectivity index (χ2n) is 12.4. The first-order valence-electron chi connectivity index (χ1n) is 17.1. The van der Waals surface area contributed by atoms with Crippen LogP contribution in [0, 0.1) is 0 Å². The monoisotopic (exact) mass is 666 g/mol. The van der Waals surface area contributed by atoms with Crippen LogP contribution in [-0.4, -0.2) is 29.9 Å². The van der Waals surface area contributed by atoms with Gasteiger partial charge in [-0.15, -0.1) is 0 Å². The third-order valence-electron chi connectivity index (χ3n) is 9.03. The zero-order chi connectivity index (χ0) is 34.7. The number of benzene rings is 5. The molecule has 0 saturated carbocycles. The number of pyridine rings is 3. The lowest BCUT2D eigenvalue weighted by molar-refractivity contribution is 1.07. The van der Waals surface area contributed by atoms with E-state index in [9.17, 15) is 0 Å². The van der Waals surface area contributed by atoms with Crippen LogP contribution in [0.3, 0.4) is 0 Å². The van der Waals surface area contributed by atoms with E-state index in [1.807, 2.05) is 97.1 Å². The Bertz CT molecular complexity index is 2530. The summed E-state index contributed by atoms with van der Waals surface area (Å²) in [5, 5.41) is 2.31. The van der Waals surface area contributed by atoms with E-state index in [0.717, 1.165) is 72.5 Å². The first-order valence-corrected chi connectivity index (χ1v) is 17.1. The number of aromatic nitrogens is 6. The Balaban J connectivity index is 1.04. The summed E-state index contributed by atoms with van der Waals surface area (Å²) in [5.74, 6) is 1.93. The van der Waals surface area contributed by atoms with E-state index in [2.05, 4.69) is 82.8 Å². The van der Waals surface area contributed by atoms with Gasteiger partial charge in [-0.05, 0) is 81.6 Å². The van der Waals surface area contributed by atoms with Crippen LogP contribution in [0.25, 0.3) is 90.0 Å². The number of fused-ring (bicyclic) bond motifs is 1. The fourth-order valence-electron chi connectivity index (χ4n) is 6.34. The van der Waals surface area contributed by atoms with Crippen molar-refractivity contribution in [2.24, 2.45) is 0 Å². The summed E-state index contributed by atoms with van der Waals surface area (Å²) in [6.07, 6.45) is 3.59. The van der Waals surface area contributed by atoms with Gasteiger partial charge in [0.25, 0.3) is 0 Å². The minimum absolute atomic E-state index is 0.638. The van der Waals surface area contributed by atoms with Gasteiger partial charge in [-0.1, -0.05) is 121 Å². The molecule has 0 radical (unpaired) electrons. The molecule has 0 saturated heterocycles. The molecule has 6 nitrogen and oxygen atoms in total. The van der Waals surface area contributed by atoms with Crippen molar-refractivity contribution >= 4 is 10.8 Å². The molecule has 9 rings (SSSR count). The van der Waals surface area contributed by atoms with Crippen LogP contribution in [0.5, 0.6) is 0 Å². The molecule has 0 aliphatic rings. The highest BCUT2D eigenvalue weighted by atomic mass is 15.0. The van der Waals surface area contributed by atoms with E-state index in [4.69, 9.17) is 19.9 Å². The molecule has 0 amide bonds. The quantitative estimate of drug-likeness (QED) is 0.168. The molecular formula is C46H30N6. The normalized spacial score (nSPS) is 11.1. The molecule has 0 bridgehead atoms. The maximum atomic E-state index is 4.93. The molecule has 6 heteroatoms. The van der Waals surface area contributed by atoms with Gasteiger partial charge in [0.2, 0.25) is 0 Å². The van der Waals surface area contributed by atoms with E-state index in [-0.39, 0.29) is 0 Å². The molecule has 244 valence electrons. The highest BCUT2D eigenvalue weighted by Gasteiger charge is 2.14. The van der Waals surface area contributed by atoms with Crippen LogP contribution in [-0.2, 0) is 0 Å². The van der Waals surface area contributed by atoms with Crippen molar-refractivity contribution in [1.29, 1.82) is 0 Å². The van der Waals surface area contributed by atoms with E-state index in [0.29, 0.717) is 17.5 Å². The number of hydrogen-bond acceptors (Lipinski definition) is 6. The molecule has 0 fully saturated rings. The standard InChI is InChI=1S/C46H30N6/c1-3-11-32(12-4-1)44-50-45(33-13-5-2-6-14-33)52-46(51-44)34-19-17-31(18-20-34)35-21-22-37-28-38(24-23-36(37)27-35)39-29-42(40-15-7-9-25-47-40)49-43(30-39)41-16-8-10-26-48-41/h1-30H. The van der Waals surface area contributed by atoms with Crippen molar-refractivity contribution in [3.05, 3.63) is 182 Å². The smallest absolute Gasteiger partial charge is 0.164 e. The molecule has 52 heavy (non-hydrogen) atoms. The Morgan fingerprint density at radius 1 is 0.250 bits per heavy atom. The topological polar surface area (TPSA) is 77.3 Å². The summed E-state index contributed by atoms with van der Waals surface area (Å²) in [6, 6.07) is 57.7. The summed E-state index contributed by atoms with van der Waals surface area (Å²) in [5.41, 5.74) is 10.5. The van der Waals surface area contributed by atoms with Crippen LogP contribution in [0.2, 0.25) is 0 Å². The average Bonchev–Trinajstić information content (AvgIpc) is 3.24. The van der Waals surface area contributed by atoms with Crippen molar-refractivity contribution in [2.45, 2.75) is 0 Å². The molecule has 5 aromatic carbocycles. The predicted molar refractivity (Wildman–Crippen MR) is 209 cm³/mol. The zero-order valence-corrected chi connectivity index (χ0v) is 28.0. The molecule has 9 aromatic rings. The molecule has 0 aliphatic carbocycles. The molecule has 0 N–H and O–H groups in total. The lowest BCUT2D eigenvalue weighted by Gasteiger charge is -2.11. The van der Waals surface area contributed by atoms with Crippen molar-refractivity contribution in [1.82, 2.24) is 29.9 Å². The van der Waals surface area contributed by atoms with Crippen molar-refractivity contribution in [3.63, 3.8) is 0 Å². The van der Waals surface area contributed by atoms with Crippen LogP contribution < -0.4 is 0 Å². The fourth-order valence-corrected chi connectivity index (χ4v) is 6.34. The van der Waals surface area contributed by atoms with Gasteiger partial charge in [0.15, 0.2) is 17.5 Å². The van der Waals surface area contributed by atoms with Crippen molar-refractivity contribution in [2.75, 3.05) is 0 Å². The summed E-state index contributed by atoms with van der Waals surface area (Å²) in [6.45, 7) is 0. The lowest BCUT2D eigenvalue weighted by Crippen LogP contribution is -2.00. The van der Waals surface area contributed by atoms with E-state index >= 15 is 0 Å². The minimum atomic E-state index is 0.638. The van der Waals surface area contributed by atoms with E-state index in [1.165, 1.54) is 0 Å². The maximum absolute atomic E-state index is 4.93. The zero-order valence-electron chi connectivity index (χ0n) is 28.0. The van der Waals surface area contributed by atoms with Crippen LogP contribution in [0.1, 0.15) is 0 Å². The SMILES string of the molecule is c1ccc(-c2nc(-c3ccccc3)nc(-c3ccc(-c4ccc5cc(-c6cc(-c7ccccn7)nc(-c7ccccn7)c6)ccc5c4)cc3)n2)cc1. The Hall–Kier alpha value is -7.18. The number of nitrogens with zero attached hydrogens (tertiary/aromatic N) is 6. The first-order chi connectivity index (χ1) is 25.7. The van der Waals surface area contributed by atoms with Gasteiger partial charge in [-0.25, -0.2) is 19.9 Å². The average molecular weight is 667 g/mol. The number of rotatable bonds is 7. The van der Waals surface area contributed by atoms with Crippen molar-refractivity contribution in [3.8, 4) is 79.2 Å². The second-order valence-corrected chi connectivity index (χ2v) is 12.4. The molecule has 0 spiro atoms. The molecule has 4 heterocycles. The van der Waals surface area contributed by atoms with Gasteiger partial charge in [-0.3, -0.25) is 9.97 Å². The van der Waals surface area contributed by atoms with Gasteiger partial charge >= 0.3 is 0 Å². The Morgan fingerprint density at radius 2 is 0.654 bits per heavy atom. The number of hydrogen-bond donors (Lipinski definition) is 0. The molecule has 0 unspecified atom stereocenters. The maximum Gasteiger partial charge on any atom is 0.164 e. The molecule has 0 atom stereocenters. The Kier molecular flexibility index (Phi) is 8.08. The Morgan fingerprint density at radius 3 is 1.12 bits per heavy atom. The summed E-state index contributed by atoms with van der Waals surface area (Å²) in [4.78, 5) is 28.7. The van der Waals surface area contributed by atoms with E-state index < -0.39 is 0 Å². The summed E-state index contributed by atoms with van der Waals surface area (Å²) in [7, 11) is 0. The third-order valence-corrected chi connectivity index (χ3v) is 9.03. The Labute approximate surface area is 301 Å². The van der Waals surface area contributed by atoms with Gasteiger partial charge in [0, 0.05) is 29.1 Å². The van der Waals surface area contributed by atoms with Gasteiger partial charge in [0.1, 0.15) is 0 Å². The first kappa shape index (κ1) is 30.8. The van der Waals surface area contributed by atoms with Crippen LogP contribution in [0.4, 0.5) is 0 Å². The van der Waals surface area contributed by atoms with Crippen LogP contribution in [0.15, 0.2) is 182 Å². The molecular weight excluding hydrogens is 637 g/mol. The lowest BCUT2D eigenvalue weighted by atomic mass is 9.96. The van der Waals surface area contributed by atoms with Gasteiger partial charge in [0.05, 0.1) is 22.8 Å². The largest absolute Gasteiger partial charge is 0.255 e. The van der Waals surface area contributed by atoms with E-state index in [1.54, 1.807) is 12.4 Å². The van der Waals surface area contributed by atoms with Gasteiger partial charge < -0.3 is 0 Å². The fraction of sp³-hybridized carbons (Fsp3) is 0.